The van der Waals surface area contributed by atoms with E-state index in [9.17, 15) is 0 Å². The van der Waals surface area contributed by atoms with Gasteiger partial charge < -0.3 is 5.11 Å². The first kappa shape index (κ1) is 8.95. The number of alkyl halides is 1. The van der Waals surface area contributed by atoms with E-state index in [1.54, 1.807) is 6.08 Å². The first-order chi connectivity index (χ1) is 4.31. The summed E-state index contributed by atoms with van der Waals surface area (Å²) in [5, 5.41) is 11.7. The van der Waals surface area contributed by atoms with Crippen molar-refractivity contribution in [3.8, 4) is 0 Å². The molecule has 0 saturated heterocycles. The van der Waals surface area contributed by atoms with E-state index in [0.717, 1.165) is 0 Å². The predicted molar refractivity (Wildman–Crippen MR) is 39.5 cm³/mol. The average molecular weight is 150 g/mol. The number of nitrogens with one attached hydrogen (secondary N) is 1. The molecule has 0 bridgehead atoms. The second-order valence-corrected chi connectivity index (χ2v) is 2.07. The third-order valence-corrected chi connectivity index (χ3v) is 1.10. The molecule has 0 rings (SSSR count). The molecule has 0 aliphatic heterocycles. The van der Waals surface area contributed by atoms with Crippen molar-refractivity contribution in [1.82, 2.24) is 5.32 Å². The first-order valence-electron chi connectivity index (χ1n) is 2.89. The minimum Gasteiger partial charge on any atom is -0.379 e. The van der Waals surface area contributed by atoms with Gasteiger partial charge in [-0.15, -0.1) is 18.2 Å². The number of aliphatic hydroxyl groups is 1. The molecule has 0 aliphatic carbocycles. The Kier molecular flexibility index (Phi) is 6.04. The largest absolute Gasteiger partial charge is 0.379 e. The van der Waals surface area contributed by atoms with Crippen LogP contribution in [-0.2, 0) is 0 Å². The zero-order valence-corrected chi connectivity index (χ0v) is 6.06. The van der Waals surface area contributed by atoms with Crippen molar-refractivity contribution in [3.63, 3.8) is 0 Å². The van der Waals surface area contributed by atoms with E-state index in [1.807, 2.05) is 0 Å². The van der Waals surface area contributed by atoms with Crippen LogP contribution in [0.1, 0.15) is 6.42 Å². The summed E-state index contributed by atoms with van der Waals surface area (Å²) in [7, 11) is 0. The summed E-state index contributed by atoms with van der Waals surface area (Å²) in [5.74, 6) is 0.477. The highest BCUT2D eigenvalue weighted by Gasteiger charge is 1.97. The zero-order valence-electron chi connectivity index (χ0n) is 5.31. The molecule has 3 heteroatoms. The Hall–Kier alpha value is -0.0500. The van der Waals surface area contributed by atoms with E-state index in [2.05, 4.69) is 11.9 Å². The van der Waals surface area contributed by atoms with Gasteiger partial charge in [-0.1, -0.05) is 6.08 Å². The first-order valence-corrected chi connectivity index (χ1v) is 3.43. The Morgan fingerprint density at radius 1 is 1.78 bits per heavy atom. The molecule has 0 aromatic rings. The Labute approximate surface area is 60.5 Å². The van der Waals surface area contributed by atoms with Gasteiger partial charge in [0.15, 0.2) is 0 Å². The smallest absolute Gasteiger partial charge is 0.106 e. The Balaban J connectivity index is 3.04. The van der Waals surface area contributed by atoms with Gasteiger partial charge in [0.1, 0.15) is 6.23 Å². The van der Waals surface area contributed by atoms with Gasteiger partial charge in [-0.2, -0.15) is 0 Å². The van der Waals surface area contributed by atoms with Crippen LogP contribution >= 0.6 is 11.6 Å². The van der Waals surface area contributed by atoms with Gasteiger partial charge in [-0.3, -0.25) is 5.32 Å². The van der Waals surface area contributed by atoms with Crippen LogP contribution in [-0.4, -0.2) is 23.8 Å². The van der Waals surface area contributed by atoms with E-state index >= 15 is 0 Å². The SMILES string of the molecule is C=CCNC(O)CCCl. The fourth-order valence-corrected chi connectivity index (χ4v) is 0.631. The topological polar surface area (TPSA) is 32.3 Å². The lowest BCUT2D eigenvalue weighted by atomic mass is 10.4. The number of halogens is 1. The molecule has 0 spiro atoms. The number of aliphatic hydroxyl groups excluding tert-OH is 1. The molecule has 54 valence electrons. The van der Waals surface area contributed by atoms with Crippen LogP contribution in [0, 0.1) is 0 Å². The fraction of sp³-hybridized carbons (Fsp3) is 0.667. The van der Waals surface area contributed by atoms with Gasteiger partial charge in [0.05, 0.1) is 0 Å². The highest BCUT2D eigenvalue weighted by atomic mass is 35.5. The van der Waals surface area contributed by atoms with E-state index < -0.39 is 6.23 Å². The van der Waals surface area contributed by atoms with Crippen LogP contribution in [0.5, 0.6) is 0 Å². The van der Waals surface area contributed by atoms with Crippen molar-refractivity contribution in [2.24, 2.45) is 0 Å². The molecular weight excluding hydrogens is 138 g/mol. The molecule has 0 aliphatic rings. The van der Waals surface area contributed by atoms with Gasteiger partial charge in [0.2, 0.25) is 0 Å². The third kappa shape index (κ3) is 5.83. The molecule has 0 heterocycles. The summed E-state index contributed by atoms with van der Waals surface area (Å²) >= 11 is 5.35. The van der Waals surface area contributed by atoms with Gasteiger partial charge in [-0.05, 0) is 0 Å². The molecule has 1 atom stereocenters. The summed E-state index contributed by atoms with van der Waals surface area (Å²) in [6, 6.07) is 0. The minimum absolute atomic E-state index is 0.477. The molecular formula is C6H12ClNO. The Morgan fingerprint density at radius 2 is 2.44 bits per heavy atom. The standard InChI is InChI=1S/C6H12ClNO/c1-2-5-8-6(9)3-4-7/h2,6,8-9H,1,3-5H2. The maximum absolute atomic E-state index is 8.94. The zero-order chi connectivity index (χ0) is 7.11. The van der Waals surface area contributed by atoms with Crippen molar-refractivity contribution in [2.75, 3.05) is 12.4 Å². The van der Waals surface area contributed by atoms with Crippen molar-refractivity contribution < 1.29 is 5.11 Å². The maximum atomic E-state index is 8.94. The van der Waals surface area contributed by atoms with E-state index in [-0.39, 0.29) is 0 Å². The second-order valence-electron chi connectivity index (χ2n) is 1.69. The van der Waals surface area contributed by atoms with Crippen molar-refractivity contribution >= 4 is 11.6 Å². The summed E-state index contributed by atoms with van der Waals surface area (Å²) in [6.07, 6.45) is 1.79. The highest BCUT2D eigenvalue weighted by molar-refractivity contribution is 6.17. The fourth-order valence-electron chi connectivity index (χ4n) is 0.425. The molecule has 0 saturated carbocycles. The van der Waals surface area contributed by atoms with Gasteiger partial charge in [0.25, 0.3) is 0 Å². The highest BCUT2D eigenvalue weighted by Crippen LogP contribution is 1.88. The minimum atomic E-state index is -0.486. The van der Waals surface area contributed by atoms with Gasteiger partial charge >= 0.3 is 0 Å². The van der Waals surface area contributed by atoms with Crippen LogP contribution in [0.2, 0.25) is 0 Å². The lowest BCUT2D eigenvalue weighted by molar-refractivity contribution is 0.139. The molecule has 0 amide bonds. The number of hydrogen-bond donors (Lipinski definition) is 2. The normalized spacial score (nSPS) is 13.1. The van der Waals surface area contributed by atoms with Crippen LogP contribution < -0.4 is 5.32 Å². The van der Waals surface area contributed by atoms with Crippen molar-refractivity contribution in [1.29, 1.82) is 0 Å². The van der Waals surface area contributed by atoms with E-state index in [1.165, 1.54) is 0 Å². The number of rotatable bonds is 5. The van der Waals surface area contributed by atoms with E-state index in [4.69, 9.17) is 16.7 Å². The van der Waals surface area contributed by atoms with Crippen molar-refractivity contribution in [3.05, 3.63) is 12.7 Å². The lowest BCUT2D eigenvalue weighted by Crippen LogP contribution is -2.28. The van der Waals surface area contributed by atoms with Crippen LogP contribution in [0.4, 0.5) is 0 Å². The Morgan fingerprint density at radius 3 is 2.89 bits per heavy atom. The average Bonchev–Trinajstić information content (AvgIpc) is 1.85. The second kappa shape index (κ2) is 6.08. The molecule has 0 radical (unpaired) electrons. The van der Waals surface area contributed by atoms with Crippen LogP contribution in [0.3, 0.4) is 0 Å². The number of hydrogen-bond acceptors (Lipinski definition) is 2. The van der Waals surface area contributed by atoms with Crippen LogP contribution in [0.25, 0.3) is 0 Å². The van der Waals surface area contributed by atoms with Gasteiger partial charge in [0, 0.05) is 18.8 Å². The molecule has 0 fully saturated rings. The molecule has 0 aromatic heterocycles. The third-order valence-electron chi connectivity index (χ3n) is 0.880. The van der Waals surface area contributed by atoms with E-state index in [0.29, 0.717) is 18.8 Å². The van der Waals surface area contributed by atoms with Gasteiger partial charge in [-0.25, -0.2) is 0 Å². The molecule has 2 N–H and O–H groups in total. The maximum Gasteiger partial charge on any atom is 0.106 e. The molecule has 0 aromatic carbocycles. The Bertz CT molecular complexity index is 77.5. The lowest BCUT2D eigenvalue weighted by Gasteiger charge is -2.07. The quantitative estimate of drug-likeness (QED) is 0.343. The summed E-state index contributed by atoms with van der Waals surface area (Å²) < 4.78 is 0. The summed E-state index contributed by atoms with van der Waals surface area (Å²) in [5.41, 5.74) is 0. The monoisotopic (exact) mass is 149 g/mol. The van der Waals surface area contributed by atoms with Crippen LogP contribution in [0.15, 0.2) is 12.7 Å². The molecule has 1 unspecified atom stereocenters. The molecule has 9 heavy (non-hydrogen) atoms. The predicted octanol–water partition coefficient (Wildman–Crippen LogP) is 0.709. The molecule has 2 nitrogen and oxygen atoms in total. The van der Waals surface area contributed by atoms with Crippen molar-refractivity contribution in [2.45, 2.75) is 12.6 Å². The summed E-state index contributed by atoms with van der Waals surface area (Å²) in [4.78, 5) is 0. The summed E-state index contributed by atoms with van der Waals surface area (Å²) in [6.45, 7) is 4.11.